The number of halogens is 1. The number of hydrogen-bond donors (Lipinski definition) is 0. The third-order valence-electron chi connectivity index (χ3n) is 4.53. The number of fused-ring (bicyclic) bond motifs is 1. The van der Waals surface area contributed by atoms with Crippen LogP contribution in [0.3, 0.4) is 0 Å². The van der Waals surface area contributed by atoms with Crippen molar-refractivity contribution in [2.45, 2.75) is 44.6 Å². The first-order valence-electron chi connectivity index (χ1n) is 7.23. The van der Waals surface area contributed by atoms with Crippen LogP contribution in [0.1, 0.15) is 38.5 Å². The van der Waals surface area contributed by atoms with Gasteiger partial charge in [-0.15, -0.1) is 0 Å². The molecule has 0 spiro atoms. The van der Waals surface area contributed by atoms with Gasteiger partial charge in [-0.3, -0.25) is 10.1 Å². The van der Waals surface area contributed by atoms with Crippen LogP contribution in [-0.2, 0) is 0 Å². The molecule has 0 N–H and O–H groups in total. The Hall–Kier alpha value is -1.17. The molecule has 0 aromatic carbocycles. The molecule has 1 aromatic rings. The van der Waals surface area contributed by atoms with Crippen LogP contribution >= 0.6 is 15.9 Å². The van der Waals surface area contributed by atoms with Crippen molar-refractivity contribution in [1.82, 2.24) is 4.98 Å². The van der Waals surface area contributed by atoms with Crippen LogP contribution in [0, 0.1) is 16.0 Å². The summed E-state index contributed by atoms with van der Waals surface area (Å²) in [7, 11) is 0. The third-order valence-corrected chi connectivity index (χ3v) is 4.96. The predicted molar refractivity (Wildman–Crippen MR) is 80.9 cm³/mol. The van der Waals surface area contributed by atoms with Crippen LogP contribution in [0.2, 0.25) is 0 Å². The average molecular weight is 340 g/mol. The molecule has 108 valence electrons. The highest BCUT2D eigenvalue weighted by Gasteiger charge is 2.36. The molecular formula is C14H18BrN3O2. The highest BCUT2D eigenvalue weighted by Crippen LogP contribution is 2.40. The molecule has 2 atom stereocenters. The Morgan fingerprint density at radius 1 is 1.30 bits per heavy atom. The molecule has 1 aromatic heterocycles. The molecule has 1 saturated heterocycles. The molecule has 2 fully saturated rings. The Morgan fingerprint density at radius 3 is 2.85 bits per heavy atom. The van der Waals surface area contributed by atoms with Crippen molar-refractivity contribution in [1.29, 1.82) is 0 Å². The smallest absolute Gasteiger partial charge is 0.312 e. The lowest BCUT2D eigenvalue weighted by Crippen LogP contribution is -2.47. The van der Waals surface area contributed by atoms with E-state index in [1.807, 2.05) is 0 Å². The van der Waals surface area contributed by atoms with Gasteiger partial charge in [-0.1, -0.05) is 12.8 Å². The molecule has 2 heterocycles. The fourth-order valence-corrected chi connectivity index (χ4v) is 3.98. The van der Waals surface area contributed by atoms with Crippen molar-refractivity contribution in [3.05, 3.63) is 26.9 Å². The number of nitro groups is 1. The molecule has 2 unspecified atom stereocenters. The highest BCUT2D eigenvalue weighted by molar-refractivity contribution is 9.10. The van der Waals surface area contributed by atoms with E-state index in [9.17, 15) is 10.1 Å². The predicted octanol–water partition coefficient (Wildman–Crippen LogP) is 3.91. The Bertz CT molecular complexity index is 521. The van der Waals surface area contributed by atoms with E-state index in [2.05, 4.69) is 25.8 Å². The molecule has 1 aliphatic heterocycles. The largest absolute Gasteiger partial charge is 0.348 e. The van der Waals surface area contributed by atoms with Crippen LogP contribution in [-0.4, -0.2) is 22.5 Å². The van der Waals surface area contributed by atoms with Gasteiger partial charge in [0.25, 0.3) is 0 Å². The molecule has 5 nitrogen and oxygen atoms in total. The maximum absolute atomic E-state index is 11.3. The minimum atomic E-state index is -0.320. The molecular weight excluding hydrogens is 322 g/mol. The molecule has 6 heteroatoms. The van der Waals surface area contributed by atoms with Crippen LogP contribution in [0.5, 0.6) is 0 Å². The maximum atomic E-state index is 11.3. The number of anilines is 1. The summed E-state index contributed by atoms with van der Waals surface area (Å²) < 4.78 is 0.658. The third kappa shape index (κ3) is 2.53. The number of rotatable bonds is 2. The maximum Gasteiger partial charge on any atom is 0.312 e. The van der Waals surface area contributed by atoms with E-state index in [1.165, 1.54) is 25.7 Å². The summed E-state index contributed by atoms with van der Waals surface area (Å²) in [4.78, 5) is 17.5. The Labute approximate surface area is 126 Å². The fourth-order valence-electron chi connectivity index (χ4n) is 3.66. The number of pyridine rings is 1. The molecule has 1 saturated carbocycles. The molecule has 0 radical (unpaired) electrons. The van der Waals surface area contributed by atoms with Gasteiger partial charge in [0.1, 0.15) is 0 Å². The number of piperidine rings is 1. The van der Waals surface area contributed by atoms with Crippen LogP contribution in [0.25, 0.3) is 0 Å². The van der Waals surface area contributed by atoms with Gasteiger partial charge in [0.05, 0.1) is 4.92 Å². The summed E-state index contributed by atoms with van der Waals surface area (Å²) in [6.07, 6.45) is 8.94. The minimum Gasteiger partial charge on any atom is -0.348 e. The van der Waals surface area contributed by atoms with Crippen LogP contribution < -0.4 is 4.90 Å². The normalized spacial score (nSPS) is 26.1. The van der Waals surface area contributed by atoms with Crippen molar-refractivity contribution in [3.8, 4) is 0 Å². The van der Waals surface area contributed by atoms with Crippen molar-refractivity contribution < 1.29 is 4.92 Å². The lowest BCUT2D eigenvalue weighted by molar-refractivity contribution is -0.384. The van der Waals surface area contributed by atoms with Crippen molar-refractivity contribution in [2.75, 3.05) is 11.4 Å². The molecule has 1 aliphatic carbocycles. The van der Waals surface area contributed by atoms with Gasteiger partial charge >= 0.3 is 5.69 Å². The summed E-state index contributed by atoms with van der Waals surface area (Å²) in [5.41, 5.74) is 0.116. The quantitative estimate of drug-likeness (QED) is 0.605. The second-order valence-electron chi connectivity index (χ2n) is 5.70. The highest BCUT2D eigenvalue weighted by atomic mass is 79.9. The molecule has 0 bridgehead atoms. The van der Waals surface area contributed by atoms with Crippen molar-refractivity contribution in [3.63, 3.8) is 0 Å². The first-order valence-corrected chi connectivity index (χ1v) is 8.02. The van der Waals surface area contributed by atoms with Crippen LogP contribution in [0.15, 0.2) is 16.7 Å². The summed E-state index contributed by atoms with van der Waals surface area (Å²) in [5, 5.41) is 11.3. The summed E-state index contributed by atoms with van der Waals surface area (Å²) in [6, 6.07) is 2.00. The van der Waals surface area contributed by atoms with E-state index in [1.54, 1.807) is 12.3 Å². The lowest BCUT2D eigenvalue weighted by Gasteiger charge is -2.44. The summed E-state index contributed by atoms with van der Waals surface area (Å²) in [6.45, 7) is 0.886. The lowest BCUT2D eigenvalue weighted by atomic mass is 9.78. The van der Waals surface area contributed by atoms with E-state index < -0.39 is 0 Å². The Morgan fingerprint density at radius 2 is 2.05 bits per heavy atom. The Balaban J connectivity index is 1.96. The zero-order chi connectivity index (χ0) is 14.1. The number of nitrogens with zero attached hydrogens (tertiary/aromatic N) is 3. The monoisotopic (exact) mass is 339 g/mol. The zero-order valence-electron chi connectivity index (χ0n) is 11.3. The van der Waals surface area contributed by atoms with Gasteiger partial charge in [0.15, 0.2) is 0 Å². The molecule has 0 amide bonds. The van der Waals surface area contributed by atoms with Gasteiger partial charge in [0.2, 0.25) is 5.82 Å². The average Bonchev–Trinajstić information content (AvgIpc) is 2.46. The van der Waals surface area contributed by atoms with E-state index in [4.69, 9.17) is 0 Å². The fraction of sp³-hybridized carbons (Fsp3) is 0.643. The molecule has 3 rings (SSSR count). The van der Waals surface area contributed by atoms with E-state index in [-0.39, 0.29) is 10.6 Å². The van der Waals surface area contributed by atoms with E-state index >= 15 is 0 Å². The SMILES string of the molecule is O=[N+]([O-])c1cc(Br)cnc1N1CCCC2CCCCC21. The van der Waals surface area contributed by atoms with Gasteiger partial charge < -0.3 is 4.90 Å². The molecule has 20 heavy (non-hydrogen) atoms. The van der Waals surface area contributed by atoms with Gasteiger partial charge in [0, 0.05) is 29.3 Å². The first kappa shape index (κ1) is 13.8. The van der Waals surface area contributed by atoms with E-state index in [0.29, 0.717) is 22.3 Å². The van der Waals surface area contributed by atoms with Crippen LogP contribution in [0.4, 0.5) is 11.5 Å². The van der Waals surface area contributed by atoms with Crippen molar-refractivity contribution in [2.24, 2.45) is 5.92 Å². The van der Waals surface area contributed by atoms with Gasteiger partial charge in [-0.2, -0.15) is 0 Å². The van der Waals surface area contributed by atoms with Gasteiger partial charge in [-0.25, -0.2) is 4.98 Å². The Kier molecular flexibility index (Phi) is 3.92. The first-order chi connectivity index (χ1) is 9.66. The standard InChI is InChI=1S/C14H18BrN3O2/c15-11-8-13(18(19)20)14(16-9-11)17-7-3-5-10-4-1-2-6-12(10)17/h8-10,12H,1-7H2. The topological polar surface area (TPSA) is 59.3 Å². The second-order valence-corrected chi connectivity index (χ2v) is 6.62. The zero-order valence-corrected chi connectivity index (χ0v) is 12.9. The van der Waals surface area contributed by atoms with E-state index in [0.717, 1.165) is 19.4 Å². The molecule has 2 aliphatic rings. The number of aromatic nitrogens is 1. The number of hydrogen-bond acceptors (Lipinski definition) is 4. The van der Waals surface area contributed by atoms with Gasteiger partial charge in [-0.05, 0) is 47.5 Å². The second kappa shape index (κ2) is 5.68. The summed E-state index contributed by atoms with van der Waals surface area (Å²) >= 11 is 3.27. The van der Waals surface area contributed by atoms with Crippen molar-refractivity contribution >= 4 is 27.4 Å². The minimum absolute atomic E-state index is 0.116. The summed E-state index contributed by atoms with van der Waals surface area (Å²) in [5.74, 6) is 1.23.